The maximum Gasteiger partial charge on any atom is 0.309 e. The Morgan fingerprint density at radius 3 is 2.46 bits per heavy atom. The lowest BCUT2D eigenvalue weighted by Gasteiger charge is -2.32. The first-order valence-electron chi connectivity index (χ1n) is 14.1. The third kappa shape index (κ3) is 12.2. The highest BCUT2D eigenvalue weighted by Gasteiger charge is 2.39. The van der Waals surface area contributed by atoms with Gasteiger partial charge in [0.1, 0.15) is 6.61 Å². The molecule has 0 aromatic heterocycles. The van der Waals surface area contributed by atoms with Crippen LogP contribution in [0.1, 0.15) is 63.4 Å². The van der Waals surface area contributed by atoms with Gasteiger partial charge >= 0.3 is 5.97 Å². The van der Waals surface area contributed by atoms with Crippen LogP contribution in [0.25, 0.3) is 0 Å². The molecule has 2 unspecified atom stereocenters. The maximum atomic E-state index is 13.3. The van der Waals surface area contributed by atoms with Gasteiger partial charge in [0, 0.05) is 13.0 Å². The van der Waals surface area contributed by atoms with E-state index < -0.39 is 11.5 Å². The lowest BCUT2D eigenvalue weighted by molar-refractivity contribution is -0.152. The number of esters is 1. The summed E-state index contributed by atoms with van der Waals surface area (Å²) in [7, 11) is 0. The predicted octanol–water partition coefficient (Wildman–Crippen LogP) is 3.88. The molecule has 1 aliphatic rings. The number of benzene rings is 1. The van der Waals surface area contributed by atoms with Gasteiger partial charge in [-0.15, -0.1) is 13.2 Å². The van der Waals surface area contributed by atoms with Gasteiger partial charge in [-0.3, -0.25) is 14.4 Å². The molecular formula is C31H46N2O6. The number of hydrogen-bond acceptors (Lipinski definition) is 6. The van der Waals surface area contributed by atoms with Crippen molar-refractivity contribution in [1.29, 1.82) is 0 Å². The molecule has 0 bridgehead atoms. The molecule has 39 heavy (non-hydrogen) atoms. The number of amides is 2. The van der Waals surface area contributed by atoms with Gasteiger partial charge < -0.3 is 25.2 Å². The SMILES string of the molecule is C=CCCCC(Cc1ccccc1)C(=O)OCC1(NC(=O)C(CC=C)CC(=O)NCCOCCO)CCCC1. The van der Waals surface area contributed by atoms with Crippen LogP contribution in [0.15, 0.2) is 55.6 Å². The zero-order chi connectivity index (χ0) is 28.3. The van der Waals surface area contributed by atoms with Gasteiger partial charge in [-0.05, 0) is 50.5 Å². The van der Waals surface area contributed by atoms with Crippen molar-refractivity contribution < 1.29 is 29.0 Å². The summed E-state index contributed by atoms with van der Waals surface area (Å²) in [5.74, 6) is -1.56. The highest BCUT2D eigenvalue weighted by Crippen LogP contribution is 2.31. The van der Waals surface area contributed by atoms with Crippen LogP contribution in [0, 0.1) is 11.8 Å². The molecule has 2 amide bonds. The molecule has 1 saturated carbocycles. The molecule has 0 spiro atoms. The van der Waals surface area contributed by atoms with Crippen molar-refractivity contribution in [3.05, 3.63) is 61.2 Å². The first-order valence-corrected chi connectivity index (χ1v) is 14.1. The number of rotatable bonds is 20. The van der Waals surface area contributed by atoms with Crippen LogP contribution in [0.2, 0.25) is 0 Å². The molecule has 1 aromatic carbocycles. The Kier molecular flexibility index (Phi) is 15.2. The zero-order valence-corrected chi connectivity index (χ0v) is 23.2. The molecule has 8 heteroatoms. The fourth-order valence-electron chi connectivity index (χ4n) is 4.97. The van der Waals surface area contributed by atoms with E-state index in [-0.39, 0.29) is 56.5 Å². The summed E-state index contributed by atoms with van der Waals surface area (Å²) in [5, 5.41) is 14.7. The van der Waals surface area contributed by atoms with Crippen molar-refractivity contribution >= 4 is 17.8 Å². The fraction of sp³-hybridized carbons (Fsp3) is 0.581. The predicted molar refractivity (Wildman–Crippen MR) is 152 cm³/mol. The molecular weight excluding hydrogens is 496 g/mol. The second-order valence-electron chi connectivity index (χ2n) is 10.3. The fourth-order valence-corrected chi connectivity index (χ4v) is 4.97. The number of unbranched alkanes of at least 4 members (excludes halogenated alkanes) is 1. The van der Waals surface area contributed by atoms with Crippen molar-refractivity contribution in [1.82, 2.24) is 10.6 Å². The minimum atomic E-state index is -0.626. The number of ether oxygens (including phenoxy) is 2. The number of nitrogens with one attached hydrogen (secondary N) is 2. The highest BCUT2D eigenvalue weighted by molar-refractivity contribution is 5.86. The van der Waals surface area contributed by atoms with E-state index in [0.717, 1.165) is 44.1 Å². The summed E-state index contributed by atoms with van der Waals surface area (Å²) in [6.45, 7) is 8.39. The number of allylic oxidation sites excluding steroid dienone is 2. The van der Waals surface area contributed by atoms with E-state index in [0.29, 0.717) is 25.8 Å². The quantitative estimate of drug-likeness (QED) is 0.131. The lowest BCUT2D eigenvalue weighted by Crippen LogP contribution is -2.52. The first kappa shape index (κ1) is 32.2. The average molecular weight is 543 g/mol. The molecule has 0 aliphatic heterocycles. The molecule has 1 fully saturated rings. The van der Waals surface area contributed by atoms with Gasteiger partial charge in [-0.25, -0.2) is 0 Å². The molecule has 216 valence electrons. The molecule has 0 radical (unpaired) electrons. The van der Waals surface area contributed by atoms with E-state index in [4.69, 9.17) is 14.6 Å². The molecule has 3 N–H and O–H groups in total. The summed E-state index contributed by atoms with van der Waals surface area (Å²) < 4.78 is 11.0. The van der Waals surface area contributed by atoms with E-state index >= 15 is 0 Å². The first-order chi connectivity index (χ1) is 18.9. The summed E-state index contributed by atoms with van der Waals surface area (Å²) >= 11 is 0. The minimum Gasteiger partial charge on any atom is -0.463 e. The maximum absolute atomic E-state index is 13.3. The molecule has 8 nitrogen and oxygen atoms in total. The zero-order valence-electron chi connectivity index (χ0n) is 23.2. The normalized spacial score (nSPS) is 15.6. The smallest absolute Gasteiger partial charge is 0.309 e. The van der Waals surface area contributed by atoms with Crippen molar-refractivity contribution in [3.8, 4) is 0 Å². The summed E-state index contributed by atoms with van der Waals surface area (Å²) in [6.07, 6.45) is 10.2. The van der Waals surface area contributed by atoms with Gasteiger partial charge in [0.05, 0.1) is 37.2 Å². The number of aliphatic hydroxyl groups is 1. The van der Waals surface area contributed by atoms with Gasteiger partial charge in [-0.2, -0.15) is 0 Å². The Balaban J connectivity index is 1.97. The van der Waals surface area contributed by atoms with Crippen LogP contribution in [0.3, 0.4) is 0 Å². The van der Waals surface area contributed by atoms with Crippen molar-refractivity contribution in [3.63, 3.8) is 0 Å². The van der Waals surface area contributed by atoms with E-state index in [2.05, 4.69) is 23.8 Å². The number of carbonyl (C=O) groups excluding carboxylic acids is 3. The van der Waals surface area contributed by atoms with Crippen molar-refractivity contribution in [2.24, 2.45) is 11.8 Å². The third-order valence-electron chi connectivity index (χ3n) is 7.12. The average Bonchev–Trinajstić information content (AvgIpc) is 3.40. The van der Waals surface area contributed by atoms with Crippen molar-refractivity contribution in [2.45, 2.75) is 69.7 Å². The topological polar surface area (TPSA) is 114 Å². The lowest BCUT2D eigenvalue weighted by atomic mass is 9.93. The van der Waals surface area contributed by atoms with E-state index in [1.54, 1.807) is 6.08 Å². The van der Waals surface area contributed by atoms with Crippen LogP contribution < -0.4 is 10.6 Å². The molecule has 2 rings (SSSR count). The van der Waals surface area contributed by atoms with Crippen LogP contribution in [-0.4, -0.2) is 61.4 Å². The Hall–Kier alpha value is -2.97. The number of aliphatic hydroxyl groups excluding tert-OH is 1. The largest absolute Gasteiger partial charge is 0.463 e. The number of carbonyl (C=O) groups is 3. The van der Waals surface area contributed by atoms with E-state index in [1.807, 2.05) is 36.4 Å². The summed E-state index contributed by atoms with van der Waals surface area (Å²) in [4.78, 5) is 38.9. The Bertz CT molecular complexity index is 898. The molecule has 1 aromatic rings. The minimum absolute atomic E-state index is 0.0240. The highest BCUT2D eigenvalue weighted by atomic mass is 16.5. The molecule has 0 heterocycles. The third-order valence-corrected chi connectivity index (χ3v) is 7.12. The molecule has 0 saturated heterocycles. The number of hydrogen-bond donors (Lipinski definition) is 3. The van der Waals surface area contributed by atoms with Crippen LogP contribution >= 0.6 is 0 Å². The Morgan fingerprint density at radius 1 is 1.05 bits per heavy atom. The summed E-state index contributed by atoms with van der Waals surface area (Å²) in [5.41, 5.74) is 0.464. The monoisotopic (exact) mass is 542 g/mol. The van der Waals surface area contributed by atoms with Gasteiger partial charge in [0.25, 0.3) is 0 Å². The van der Waals surface area contributed by atoms with Crippen LogP contribution in [0.5, 0.6) is 0 Å². The van der Waals surface area contributed by atoms with Gasteiger partial charge in [0.15, 0.2) is 0 Å². The van der Waals surface area contributed by atoms with Gasteiger partial charge in [-0.1, -0.05) is 55.3 Å². The molecule has 2 atom stereocenters. The Morgan fingerprint density at radius 2 is 1.79 bits per heavy atom. The standard InChI is InChI=1S/C31H46N2O6/c1-3-5-7-15-27(22-25-13-8-6-9-14-25)30(37)39-24-31(16-10-11-17-31)33-29(36)26(12-4-2)23-28(35)32-18-20-38-21-19-34/h3-4,6,8-9,13-14,26-27,34H,1-2,5,7,10-12,15-24H2,(H,32,35)(H,33,36). The molecule has 1 aliphatic carbocycles. The van der Waals surface area contributed by atoms with Crippen molar-refractivity contribution in [2.75, 3.05) is 33.0 Å². The van der Waals surface area contributed by atoms with E-state index in [1.165, 1.54) is 0 Å². The van der Waals surface area contributed by atoms with E-state index in [9.17, 15) is 14.4 Å². The second-order valence-corrected chi connectivity index (χ2v) is 10.3. The van der Waals surface area contributed by atoms with Crippen LogP contribution in [0.4, 0.5) is 0 Å². The second kappa shape index (κ2) is 18.3. The van der Waals surface area contributed by atoms with Crippen LogP contribution in [-0.2, 0) is 30.3 Å². The Labute approximate surface area is 233 Å². The van der Waals surface area contributed by atoms with Gasteiger partial charge in [0.2, 0.25) is 11.8 Å². The summed E-state index contributed by atoms with van der Waals surface area (Å²) in [6, 6.07) is 9.93.